The first-order valence-corrected chi connectivity index (χ1v) is 6.86. The quantitative estimate of drug-likeness (QED) is 0.912. The number of amides is 1. The number of anilines is 1. The normalized spacial score (nSPS) is 18.3. The monoisotopic (exact) mass is 266 g/mol. The Kier molecular flexibility index (Phi) is 4.61. The number of hydrogen-bond acceptors (Lipinski definition) is 2. The van der Waals surface area contributed by atoms with Gasteiger partial charge in [0.25, 0.3) is 0 Å². The van der Waals surface area contributed by atoms with Crippen LogP contribution in [0.15, 0.2) is 24.3 Å². The Morgan fingerprint density at radius 3 is 2.61 bits per heavy atom. The first-order chi connectivity index (χ1) is 8.68. The highest BCUT2D eigenvalue weighted by Crippen LogP contribution is 2.21. The summed E-state index contributed by atoms with van der Waals surface area (Å²) in [7, 11) is 0. The number of nitrogens with zero attached hydrogens (tertiary/aromatic N) is 1. The third-order valence-electron chi connectivity index (χ3n) is 3.45. The summed E-state index contributed by atoms with van der Waals surface area (Å²) in [6.45, 7) is 3.98. The largest absolute Gasteiger partial charge is 0.323 e. The standard InChI is InChI=1S/C14H19ClN2O/c1-11(17-9-5-2-6-10-17)14(18)16-13-8-4-3-7-12(13)15/h3-4,7-8,11H,2,5-6,9-10H2,1H3,(H,16,18)/t11-/m0/s1. The molecule has 0 saturated carbocycles. The number of para-hydroxylation sites is 1. The predicted molar refractivity (Wildman–Crippen MR) is 75.0 cm³/mol. The van der Waals surface area contributed by atoms with E-state index in [9.17, 15) is 4.79 Å². The summed E-state index contributed by atoms with van der Waals surface area (Å²) in [5.74, 6) is 0.0185. The van der Waals surface area contributed by atoms with Gasteiger partial charge in [0.05, 0.1) is 16.8 Å². The molecule has 1 fully saturated rings. The highest BCUT2D eigenvalue weighted by Gasteiger charge is 2.23. The number of carbonyl (C=O) groups is 1. The van der Waals surface area contributed by atoms with Crippen LogP contribution in [0.3, 0.4) is 0 Å². The Morgan fingerprint density at radius 2 is 1.94 bits per heavy atom. The number of halogens is 1. The molecule has 0 radical (unpaired) electrons. The van der Waals surface area contributed by atoms with Gasteiger partial charge < -0.3 is 5.32 Å². The summed E-state index contributed by atoms with van der Waals surface area (Å²) in [5, 5.41) is 3.47. The Hall–Kier alpha value is -1.06. The fourth-order valence-electron chi connectivity index (χ4n) is 2.27. The number of carbonyl (C=O) groups excluding carboxylic acids is 1. The van der Waals surface area contributed by atoms with Crippen LogP contribution in [0, 0.1) is 0 Å². The van der Waals surface area contributed by atoms with Crippen molar-refractivity contribution >= 4 is 23.2 Å². The van der Waals surface area contributed by atoms with Crippen LogP contribution < -0.4 is 5.32 Å². The van der Waals surface area contributed by atoms with Crippen LogP contribution in [-0.4, -0.2) is 29.9 Å². The molecule has 1 N–H and O–H groups in total. The minimum atomic E-state index is -0.0958. The lowest BCUT2D eigenvalue weighted by atomic mass is 10.1. The van der Waals surface area contributed by atoms with Gasteiger partial charge in [0.15, 0.2) is 0 Å². The molecule has 0 aromatic heterocycles. The van der Waals surface area contributed by atoms with Crippen molar-refractivity contribution in [3.63, 3.8) is 0 Å². The molecule has 2 rings (SSSR count). The fourth-order valence-corrected chi connectivity index (χ4v) is 2.45. The topological polar surface area (TPSA) is 32.3 Å². The first kappa shape index (κ1) is 13.4. The van der Waals surface area contributed by atoms with Gasteiger partial charge >= 0.3 is 0 Å². The van der Waals surface area contributed by atoms with Crippen molar-refractivity contribution in [3.8, 4) is 0 Å². The van der Waals surface area contributed by atoms with Gasteiger partial charge in [-0.2, -0.15) is 0 Å². The molecule has 4 heteroatoms. The van der Waals surface area contributed by atoms with E-state index in [4.69, 9.17) is 11.6 Å². The van der Waals surface area contributed by atoms with Gasteiger partial charge in [-0.15, -0.1) is 0 Å². The highest BCUT2D eigenvalue weighted by atomic mass is 35.5. The number of piperidine rings is 1. The van der Waals surface area contributed by atoms with E-state index < -0.39 is 0 Å². The van der Waals surface area contributed by atoms with Gasteiger partial charge in [-0.3, -0.25) is 9.69 Å². The summed E-state index contributed by atoms with van der Waals surface area (Å²) < 4.78 is 0. The van der Waals surface area contributed by atoms with Crippen LogP contribution in [0.5, 0.6) is 0 Å². The summed E-state index contributed by atoms with van der Waals surface area (Å²) >= 11 is 6.03. The molecule has 1 heterocycles. The summed E-state index contributed by atoms with van der Waals surface area (Å²) in [6, 6.07) is 7.23. The van der Waals surface area contributed by atoms with Crippen LogP contribution in [0.1, 0.15) is 26.2 Å². The molecule has 18 heavy (non-hydrogen) atoms. The van der Waals surface area contributed by atoms with E-state index in [2.05, 4.69) is 10.2 Å². The average Bonchev–Trinajstić information content (AvgIpc) is 2.41. The minimum Gasteiger partial charge on any atom is -0.323 e. The average molecular weight is 267 g/mol. The lowest BCUT2D eigenvalue weighted by Crippen LogP contribution is -2.44. The third kappa shape index (κ3) is 3.24. The maximum absolute atomic E-state index is 12.2. The molecular weight excluding hydrogens is 248 g/mol. The summed E-state index contributed by atoms with van der Waals surface area (Å²) in [4.78, 5) is 14.4. The van der Waals surface area contributed by atoms with Crippen LogP contribution in [0.25, 0.3) is 0 Å². The Bertz CT molecular complexity index is 416. The molecule has 1 saturated heterocycles. The number of nitrogens with one attached hydrogen (secondary N) is 1. The van der Waals surface area contributed by atoms with Crippen molar-refractivity contribution in [2.75, 3.05) is 18.4 Å². The number of likely N-dealkylation sites (tertiary alicyclic amines) is 1. The van der Waals surface area contributed by atoms with E-state index in [-0.39, 0.29) is 11.9 Å². The van der Waals surface area contributed by atoms with Crippen molar-refractivity contribution < 1.29 is 4.79 Å². The second kappa shape index (κ2) is 6.21. The molecule has 0 aliphatic carbocycles. The molecule has 0 bridgehead atoms. The van der Waals surface area contributed by atoms with Gasteiger partial charge in [-0.05, 0) is 45.0 Å². The second-order valence-corrected chi connectivity index (χ2v) is 5.15. The molecule has 0 spiro atoms. The zero-order valence-corrected chi connectivity index (χ0v) is 11.4. The SMILES string of the molecule is C[C@@H](C(=O)Nc1ccccc1Cl)N1CCCCC1. The molecule has 1 aromatic carbocycles. The zero-order chi connectivity index (χ0) is 13.0. The van der Waals surface area contributed by atoms with E-state index in [0.29, 0.717) is 10.7 Å². The summed E-state index contributed by atoms with van der Waals surface area (Å²) in [6.07, 6.45) is 3.64. The Labute approximate surface area is 113 Å². The van der Waals surface area contributed by atoms with Crippen molar-refractivity contribution in [2.45, 2.75) is 32.2 Å². The molecule has 1 aliphatic heterocycles. The zero-order valence-electron chi connectivity index (χ0n) is 10.7. The molecule has 1 atom stereocenters. The van der Waals surface area contributed by atoms with Gasteiger partial charge in [0.1, 0.15) is 0 Å². The molecule has 1 aliphatic rings. The third-order valence-corrected chi connectivity index (χ3v) is 3.78. The van der Waals surface area contributed by atoms with Crippen LogP contribution in [0.4, 0.5) is 5.69 Å². The molecule has 98 valence electrons. The molecule has 1 aromatic rings. The van der Waals surface area contributed by atoms with E-state index in [1.165, 1.54) is 19.3 Å². The van der Waals surface area contributed by atoms with Gasteiger partial charge in [0, 0.05) is 0 Å². The smallest absolute Gasteiger partial charge is 0.241 e. The van der Waals surface area contributed by atoms with Gasteiger partial charge in [-0.25, -0.2) is 0 Å². The number of hydrogen-bond donors (Lipinski definition) is 1. The molecule has 1 amide bonds. The first-order valence-electron chi connectivity index (χ1n) is 6.48. The van der Waals surface area contributed by atoms with Crippen molar-refractivity contribution in [1.29, 1.82) is 0 Å². The number of benzene rings is 1. The van der Waals surface area contributed by atoms with E-state index >= 15 is 0 Å². The van der Waals surface area contributed by atoms with E-state index in [1.54, 1.807) is 6.07 Å². The summed E-state index contributed by atoms with van der Waals surface area (Å²) in [5.41, 5.74) is 0.688. The predicted octanol–water partition coefficient (Wildman–Crippen LogP) is 3.15. The second-order valence-electron chi connectivity index (χ2n) is 4.74. The van der Waals surface area contributed by atoms with Crippen molar-refractivity contribution in [1.82, 2.24) is 4.90 Å². The maximum atomic E-state index is 12.2. The molecular formula is C14H19ClN2O. The van der Waals surface area contributed by atoms with Gasteiger partial charge in [-0.1, -0.05) is 30.2 Å². The van der Waals surface area contributed by atoms with E-state index in [0.717, 1.165) is 13.1 Å². The van der Waals surface area contributed by atoms with Crippen LogP contribution >= 0.6 is 11.6 Å². The van der Waals surface area contributed by atoms with E-state index in [1.807, 2.05) is 25.1 Å². The Balaban J connectivity index is 1.97. The van der Waals surface area contributed by atoms with Crippen LogP contribution in [0.2, 0.25) is 5.02 Å². The Morgan fingerprint density at radius 1 is 1.28 bits per heavy atom. The number of rotatable bonds is 3. The highest BCUT2D eigenvalue weighted by molar-refractivity contribution is 6.33. The van der Waals surface area contributed by atoms with Gasteiger partial charge in [0.2, 0.25) is 5.91 Å². The lowest BCUT2D eigenvalue weighted by Gasteiger charge is -2.31. The molecule has 0 unspecified atom stereocenters. The maximum Gasteiger partial charge on any atom is 0.241 e. The molecule has 3 nitrogen and oxygen atoms in total. The van der Waals surface area contributed by atoms with Crippen LogP contribution in [-0.2, 0) is 4.79 Å². The van der Waals surface area contributed by atoms with Crippen molar-refractivity contribution in [2.24, 2.45) is 0 Å². The fraction of sp³-hybridized carbons (Fsp3) is 0.500. The lowest BCUT2D eigenvalue weighted by molar-refractivity contribution is -0.121. The minimum absolute atomic E-state index is 0.0185. The van der Waals surface area contributed by atoms with Crippen molar-refractivity contribution in [3.05, 3.63) is 29.3 Å².